The third-order valence-corrected chi connectivity index (χ3v) is 5.36. The molecule has 2 aromatic heterocycles. The van der Waals surface area contributed by atoms with Gasteiger partial charge in [-0.3, -0.25) is 0 Å². The van der Waals surface area contributed by atoms with Gasteiger partial charge < -0.3 is 5.32 Å². The first kappa shape index (κ1) is 16.2. The fraction of sp³-hybridized carbons (Fsp3) is 0.308. The van der Waals surface area contributed by atoms with Gasteiger partial charge in [0.15, 0.2) is 0 Å². The highest BCUT2D eigenvalue weighted by Crippen LogP contribution is 2.22. The number of nitrogens with one attached hydrogen (secondary N) is 2. The topological polar surface area (TPSA) is 71.1 Å². The number of sulfonamides is 1. The molecule has 0 unspecified atom stereocenters. The van der Waals surface area contributed by atoms with E-state index in [4.69, 9.17) is 11.6 Å². The molecule has 114 valence electrons. The van der Waals surface area contributed by atoms with Crippen molar-refractivity contribution in [2.24, 2.45) is 0 Å². The predicted octanol–water partition coefficient (Wildman–Crippen LogP) is 3.02. The first-order valence-corrected chi connectivity index (χ1v) is 9.04. The van der Waals surface area contributed by atoms with Crippen LogP contribution >= 0.6 is 22.9 Å². The van der Waals surface area contributed by atoms with Crippen LogP contribution in [-0.4, -0.2) is 19.9 Å². The van der Waals surface area contributed by atoms with Gasteiger partial charge in [-0.1, -0.05) is 11.6 Å². The van der Waals surface area contributed by atoms with Gasteiger partial charge >= 0.3 is 0 Å². The number of halogens is 1. The summed E-state index contributed by atoms with van der Waals surface area (Å²) in [6.45, 7) is 4.81. The Kier molecular flexibility index (Phi) is 5.21. The van der Waals surface area contributed by atoms with Crippen molar-refractivity contribution in [3.63, 3.8) is 0 Å². The smallest absolute Gasteiger partial charge is 0.242 e. The molecule has 0 spiro atoms. The van der Waals surface area contributed by atoms with Crippen molar-refractivity contribution in [2.45, 2.75) is 25.3 Å². The predicted molar refractivity (Wildman–Crippen MR) is 86.5 cm³/mol. The third kappa shape index (κ3) is 4.16. The largest absolute Gasteiger partial charge is 0.369 e. The van der Waals surface area contributed by atoms with Crippen LogP contribution in [0.1, 0.15) is 16.7 Å². The van der Waals surface area contributed by atoms with E-state index in [-0.39, 0.29) is 16.5 Å². The second kappa shape index (κ2) is 6.74. The number of hydrogen-bond acceptors (Lipinski definition) is 5. The minimum absolute atomic E-state index is 0.0578. The Balaban J connectivity index is 2.13. The van der Waals surface area contributed by atoms with Gasteiger partial charge in [0.1, 0.15) is 10.7 Å². The molecule has 8 heteroatoms. The number of hydrogen-bond donors (Lipinski definition) is 2. The number of nitrogens with zero attached hydrogens (tertiary/aromatic N) is 1. The Labute approximate surface area is 133 Å². The van der Waals surface area contributed by atoms with E-state index in [0.717, 1.165) is 9.75 Å². The first-order valence-electron chi connectivity index (χ1n) is 6.37. The SMILES string of the molecule is CCNc1ncc(S(=O)(=O)NCc2ccc(C)s2)cc1Cl. The monoisotopic (exact) mass is 345 g/mol. The van der Waals surface area contributed by atoms with Gasteiger partial charge in [0, 0.05) is 29.0 Å². The molecular formula is C13H16ClN3O2S2. The second-order valence-electron chi connectivity index (χ2n) is 4.37. The summed E-state index contributed by atoms with van der Waals surface area (Å²) in [6, 6.07) is 5.26. The molecule has 2 heterocycles. The molecular weight excluding hydrogens is 330 g/mol. The molecule has 21 heavy (non-hydrogen) atoms. The lowest BCUT2D eigenvalue weighted by Gasteiger charge is -2.08. The van der Waals surface area contributed by atoms with E-state index < -0.39 is 10.0 Å². The number of thiophene rings is 1. The molecule has 5 nitrogen and oxygen atoms in total. The molecule has 0 saturated carbocycles. The van der Waals surface area contributed by atoms with Crippen LogP contribution in [-0.2, 0) is 16.6 Å². The van der Waals surface area contributed by atoms with Crippen LogP contribution < -0.4 is 10.0 Å². The number of anilines is 1. The summed E-state index contributed by atoms with van der Waals surface area (Å²) in [5.41, 5.74) is 0. The molecule has 0 aromatic carbocycles. The zero-order chi connectivity index (χ0) is 15.5. The van der Waals surface area contributed by atoms with Crippen LogP contribution in [0.5, 0.6) is 0 Å². The van der Waals surface area contributed by atoms with E-state index >= 15 is 0 Å². The quantitative estimate of drug-likeness (QED) is 0.844. The van der Waals surface area contributed by atoms with Crippen LogP contribution in [0.4, 0.5) is 5.82 Å². The normalized spacial score (nSPS) is 11.6. The highest BCUT2D eigenvalue weighted by atomic mass is 35.5. The fourth-order valence-electron chi connectivity index (χ4n) is 1.69. The van der Waals surface area contributed by atoms with Gasteiger partial charge in [0.05, 0.1) is 5.02 Å². The summed E-state index contributed by atoms with van der Waals surface area (Å²) in [6.07, 6.45) is 1.30. The molecule has 0 aliphatic rings. The van der Waals surface area contributed by atoms with Crippen molar-refractivity contribution in [3.05, 3.63) is 39.2 Å². The van der Waals surface area contributed by atoms with Crippen LogP contribution in [0.15, 0.2) is 29.3 Å². The van der Waals surface area contributed by atoms with Gasteiger partial charge in [0.25, 0.3) is 0 Å². The molecule has 0 aliphatic heterocycles. The molecule has 2 aromatic rings. The lowest BCUT2D eigenvalue weighted by Crippen LogP contribution is -2.23. The van der Waals surface area contributed by atoms with Crippen molar-refractivity contribution in [3.8, 4) is 0 Å². The summed E-state index contributed by atoms with van der Waals surface area (Å²) < 4.78 is 27.0. The average molecular weight is 346 g/mol. The zero-order valence-corrected chi connectivity index (χ0v) is 14.1. The average Bonchev–Trinajstić information content (AvgIpc) is 2.85. The van der Waals surface area contributed by atoms with Crippen LogP contribution in [0.3, 0.4) is 0 Å². The summed E-state index contributed by atoms with van der Waals surface area (Å²) in [7, 11) is -3.62. The van der Waals surface area contributed by atoms with Crippen molar-refractivity contribution in [1.82, 2.24) is 9.71 Å². The molecule has 2 N–H and O–H groups in total. The Morgan fingerprint density at radius 2 is 2.14 bits per heavy atom. The highest BCUT2D eigenvalue weighted by Gasteiger charge is 2.16. The van der Waals surface area contributed by atoms with Gasteiger partial charge in [0.2, 0.25) is 10.0 Å². The summed E-state index contributed by atoms with van der Waals surface area (Å²) in [5, 5.41) is 3.24. The maximum Gasteiger partial charge on any atom is 0.242 e. The number of rotatable bonds is 6. The molecule has 0 saturated heterocycles. The van der Waals surface area contributed by atoms with E-state index in [0.29, 0.717) is 12.4 Å². The molecule has 0 amide bonds. The third-order valence-electron chi connectivity index (χ3n) is 2.70. The maximum atomic E-state index is 12.2. The summed E-state index contributed by atoms with van der Waals surface area (Å²) in [5.74, 6) is 0.479. The summed E-state index contributed by atoms with van der Waals surface area (Å²) >= 11 is 7.58. The van der Waals surface area contributed by atoms with Crippen molar-refractivity contribution in [1.29, 1.82) is 0 Å². The lowest BCUT2D eigenvalue weighted by atomic mass is 10.4. The van der Waals surface area contributed by atoms with E-state index in [1.165, 1.54) is 12.3 Å². The molecule has 2 rings (SSSR count). The minimum atomic E-state index is -3.62. The van der Waals surface area contributed by atoms with Gasteiger partial charge in [-0.25, -0.2) is 18.1 Å². The van der Waals surface area contributed by atoms with Crippen molar-refractivity contribution < 1.29 is 8.42 Å². The standard InChI is InChI=1S/C13H16ClN3O2S2/c1-3-15-13-12(14)6-11(8-16-13)21(18,19)17-7-10-5-4-9(2)20-10/h4-6,8,17H,3,7H2,1-2H3,(H,15,16). The van der Waals surface area contributed by atoms with E-state index in [9.17, 15) is 8.42 Å². The van der Waals surface area contributed by atoms with Crippen LogP contribution in [0.25, 0.3) is 0 Å². The van der Waals surface area contributed by atoms with E-state index in [1.54, 1.807) is 11.3 Å². The number of aromatic nitrogens is 1. The fourth-order valence-corrected chi connectivity index (χ4v) is 3.89. The maximum absolute atomic E-state index is 12.2. The van der Waals surface area contributed by atoms with Crippen molar-refractivity contribution in [2.75, 3.05) is 11.9 Å². The number of aryl methyl sites for hydroxylation is 1. The molecule has 0 radical (unpaired) electrons. The van der Waals surface area contributed by atoms with E-state index in [2.05, 4.69) is 15.0 Å². The van der Waals surface area contributed by atoms with Crippen LogP contribution in [0, 0.1) is 6.92 Å². The van der Waals surface area contributed by atoms with Gasteiger partial charge in [-0.2, -0.15) is 0 Å². The zero-order valence-electron chi connectivity index (χ0n) is 11.7. The van der Waals surface area contributed by atoms with Gasteiger partial charge in [-0.05, 0) is 32.0 Å². The Bertz CT molecular complexity index is 729. The Morgan fingerprint density at radius 1 is 1.38 bits per heavy atom. The second-order valence-corrected chi connectivity index (χ2v) is 7.92. The molecule has 0 fully saturated rings. The highest BCUT2D eigenvalue weighted by molar-refractivity contribution is 7.89. The number of pyridine rings is 1. The lowest BCUT2D eigenvalue weighted by molar-refractivity contribution is 0.581. The summed E-state index contributed by atoms with van der Waals surface area (Å²) in [4.78, 5) is 6.19. The Hall–Kier alpha value is -1.15. The Morgan fingerprint density at radius 3 is 2.71 bits per heavy atom. The molecule has 0 atom stereocenters. The van der Waals surface area contributed by atoms with Crippen molar-refractivity contribution >= 4 is 38.8 Å². The van der Waals surface area contributed by atoms with E-state index in [1.807, 2.05) is 26.0 Å². The van der Waals surface area contributed by atoms with Gasteiger partial charge in [-0.15, -0.1) is 11.3 Å². The molecule has 0 bridgehead atoms. The first-order chi connectivity index (χ1) is 9.92. The molecule has 0 aliphatic carbocycles. The minimum Gasteiger partial charge on any atom is -0.369 e. The van der Waals surface area contributed by atoms with Crippen LogP contribution in [0.2, 0.25) is 5.02 Å².